The molecule has 2 aliphatic heterocycles. The van der Waals surface area contributed by atoms with Crippen LogP contribution >= 0.6 is 0 Å². The summed E-state index contributed by atoms with van der Waals surface area (Å²) in [5.74, 6) is 0. The van der Waals surface area contributed by atoms with Crippen LogP contribution < -0.4 is 5.32 Å². The average Bonchev–Trinajstić information content (AvgIpc) is 2.67. The monoisotopic (exact) mass is 266 g/mol. The van der Waals surface area contributed by atoms with Gasteiger partial charge in [0.2, 0.25) is 0 Å². The SMILES string of the molecule is CCCCCCC(C)N1C2CCC1CC(NCC)C2. The molecule has 19 heavy (non-hydrogen) atoms. The van der Waals surface area contributed by atoms with E-state index in [2.05, 4.69) is 31.0 Å². The molecule has 0 spiro atoms. The fourth-order valence-corrected chi connectivity index (χ4v) is 4.40. The zero-order valence-corrected chi connectivity index (χ0v) is 13.3. The summed E-state index contributed by atoms with van der Waals surface area (Å²) in [5.41, 5.74) is 0. The van der Waals surface area contributed by atoms with E-state index in [0.717, 1.165) is 30.7 Å². The lowest BCUT2D eigenvalue weighted by atomic mass is 9.94. The highest BCUT2D eigenvalue weighted by molar-refractivity contribution is 4.99. The van der Waals surface area contributed by atoms with E-state index in [9.17, 15) is 0 Å². The Bertz CT molecular complexity index is 240. The highest BCUT2D eigenvalue weighted by atomic mass is 15.3. The topological polar surface area (TPSA) is 15.3 Å². The molecular weight excluding hydrogens is 232 g/mol. The van der Waals surface area contributed by atoms with Gasteiger partial charge in [0.05, 0.1) is 0 Å². The molecule has 2 saturated heterocycles. The molecule has 2 aliphatic rings. The predicted molar refractivity (Wildman–Crippen MR) is 83.6 cm³/mol. The van der Waals surface area contributed by atoms with Crippen molar-refractivity contribution in [2.45, 2.75) is 103 Å². The van der Waals surface area contributed by atoms with Gasteiger partial charge in [-0.05, 0) is 45.6 Å². The van der Waals surface area contributed by atoms with Crippen molar-refractivity contribution in [3.63, 3.8) is 0 Å². The number of hydrogen-bond donors (Lipinski definition) is 1. The molecule has 2 nitrogen and oxygen atoms in total. The van der Waals surface area contributed by atoms with Crippen LogP contribution in [0.3, 0.4) is 0 Å². The zero-order chi connectivity index (χ0) is 13.7. The van der Waals surface area contributed by atoms with E-state index in [4.69, 9.17) is 0 Å². The molecule has 2 heterocycles. The average molecular weight is 266 g/mol. The van der Waals surface area contributed by atoms with Gasteiger partial charge in [-0.15, -0.1) is 0 Å². The molecule has 0 aromatic rings. The second-order valence-electron chi connectivity index (χ2n) is 6.76. The second kappa shape index (κ2) is 7.64. The van der Waals surface area contributed by atoms with Crippen molar-refractivity contribution in [1.29, 1.82) is 0 Å². The first kappa shape index (κ1) is 15.3. The van der Waals surface area contributed by atoms with E-state index in [-0.39, 0.29) is 0 Å². The molecule has 2 heteroatoms. The third-order valence-corrected chi connectivity index (χ3v) is 5.27. The van der Waals surface area contributed by atoms with Crippen LogP contribution in [0.2, 0.25) is 0 Å². The largest absolute Gasteiger partial charge is 0.314 e. The summed E-state index contributed by atoms with van der Waals surface area (Å²) in [7, 11) is 0. The van der Waals surface area contributed by atoms with Crippen molar-refractivity contribution >= 4 is 0 Å². The van der Waals surface area contributed by atoms with Crippen LogP contribution in [0, 0.1) is 0 Å². The first-order chi connectivity index (χ1) is 9.26. The normalized spacial score (nSPS) is 32.7. The summed E-state index contributed by atoms with van der Waals surface area (Å²) in [6.45, 7) is 8.15. The fourth-order valence-electron chi connectivity index (χ4n) is 4.40. The fraction of sp³-hybridized carbons (Fsp3) is 1.00. The Morgan fingerprint density at radius 3 is 2.32 bits per heavy atom. The summed E-state index contributed by atoms with van der Waals surface area (Å²) in [6, 6.07) is 3.37. The van der Waals surface area contributed by atoms with Gasteiger partial charge >= 0.3 is 0 Å². The minimum Gasteiger partial charge on any atom is -0.314 e. The van der Waals surface area contributed by atoms with Gasteiger partial charge in [-0.3, -0.25) is 4.90 Å². The maximum Gasteiger partial charge on any atom is 0.0116 e. The van der Waals surface area contributed by atoms with Crippen molar-refractivity contribution in [2.24, 2.45) is 0 Å². The smallest absolute Gasteiger partial charge is 0.0116 e. The molecule has 0 saturated carbocycles. The van der Waals surface area contributed by atoms with Gasteiger partial charge in [0, 0.05) is 24.2 Å². The Morgan fingerprint density at radius 2 is 1.74 bits per heavy atom. The van der Waals surface area contributed by atoms with Gasteiger partial charge in [0.15, 0.2) is 0 Å². The van der Waals surface area contributed by atoms with Crippen LogP contribution in [0.5, 0.6) is 0 Å². The molecule has 0 aromatic carbocycles. The van der Waals surface area contributed by atoms with E-state index in [1.54, 1.807) is 0 Å². The molecule has 0 radical (unpaired) electrons. The Balaban J connectivity index is 1.78. The van der Waals surface area contributed by atoms with Crippen LogP contribution in [0.25, 0.3) is 0 Å². The quantitative estimate of drug-likeness (QED) is 0.669. The summed E-state index contributed by atoms with van der Waals surface area (Å²) < 4.78 is 0. The second-order valence-corrected chi connectivity index (χ2v) is 6.76. The van der Waals surface area contributed by atoms with Gasteiger partial charge < -0.3 is 5.32 Å². The Labute approximate surface area is 120 Å². The zero-order valence-electron chi connectivity index (χ0n) is 13.3. The van der Waals surface area contributed by atoms with Crippen LogP contribution in [0.1, 0.15) is 78.6 Å². The number of rotatable bonds is 8. The summed E-state index contributed by atoms with van der Waals surface area (Å²) in [6.07, 6.45) is 12.7. The molecule has 3 unspecified atom stereocenters. The molecule has 112 valence electrons. The summed E-state index contributed by atoms with van der Waals surface area (Å²) in [4.78, 5) is 2.89. The molecule has 2 fully saturated rings. The number of hydrogen-bond acceptors (Lipinski definition) is 2. The van der Waals surface area contributed by atoms with Crippen LogP contribution in [-0.4, -0.2) is 35.6 Å². The molecule has 3 atom stereocenters. The van der Waals surface area contributed by atoms with Crippen molar-refractivity contribution in [1.82, 2.24) is 10.2 Å². The molecule has 2 bridgehead atoms. The van der Waals surface area contributed by atoms with Gasteiger partial charge in [0.1, 0.15) is 0 Å². The first-order valence-corrected chi connectivity index (χ1v) is 8.77. The lowest BCUT2D eigenvalue weighted by molar-refractivity contribution is 0.0726. The third-order valence-electron chi connectivity index (χ3n) is 5.27. The van der Waals surface area contributed by atoms with Crippen LogP contribution in [0.4, 0.5) is 0 Å². The van der Waals surface area contributed by atoms with E-state index < -0.39 is 0 Å². The molecular formula is C17H34N2. The summed E-state index contributed by atoms with van der Waals surface area (Å²) in [5, 5.41) is 3.68. The maximum absolute atomic E-state index is 3.68. The molecule has 2 rings (SSSR count). The third kappa shape index (κ3) is 3.95. The lowest BCUT2D eigenvalue weighted by Gasteiger charge is -2.43. The Hall–Kier alpha value is -0.0800. The molecule has 0 aromatic heterocycles. The number of piperidine rings is 1. The van der Waals surface area contributed by atoms with Gasteiger partial charge in [-0.1, -0.05) is 39.5 Å². The van der Waals surface area contributed by atoms with Crippen molar-refractivity contribution < 1.29 is 0 Å². The predicted octanol–water partition coefficient (Wildman–Crippen LogP) is 3.95. The van der Waals surface area contributed by atoms with E-state index in [1.807, 2.05) is 0 Å². The minimum absolute atomic E-state index is 0.797. The summed E-state index contributed by atoms with van der Waals surface area (Å²) >= 11 is 0. The van der Waals surface area contributed by atoms with Gasteiger partial charge in [0.25, 0.3) is 0 Å². The van der Waals surface area contributed by atoms with Gasteiger partial charge in [-0.2, -0.15) is 0 Å². The van der Waals surface area contributed by atoms with Crippen molar-refractivity contribution in [3.05, 3.63) is 0 Å². The standard InChI is InChI=1S/C17H34N2/c1-4-6-7-8-9-14(3)19-16-10-11-17(19)13-15(12-16)18-5-2/h14-18H,4-13H2,1-3H3. The Morgan fingerprint density at radius 1 is 1.05 bits per heavy atom. The number of nitrogens with one attached hydrogen (secondary N) is 1. The van der Waals surface area contributed by atoms with E-state index in [1.165, 1.54) is 57.8 Å². The maximum atomic E-state index is 3.68. The first-order valence-electron chi connectivity index (χ1n) is 8.77. The number of nitrogens with zero attached hydrogens (tertiary/aromatic N) is 1. The van der Waals surface area contributed by atoms with E-state index >= 15 is 0 Å². The van der Waals surface area contributed by atoms with Crippen LogP contribution in [-0.2, 0) is 0 Å². The Kier molecular flexibility index (Phi) is 6.15. The molecule has 0 amide bonds. The van der Waals surface area contributed by atoms with Crippen molar-refractivity contribution in [2.75, 3.05) is 6.54 Å². The van der Waals surface area contributed by atoms with Gasteiger partial charge in [-0.25, -0.2) is 0 Å². The van der Waals surface area contributed by atoms with Crippen molar-refractivity contribution in [3.8, 4) is 0 Å². The molecule has 0 aliphatic carbocycles. The molecule has 1 N–H and O–H groups in total. The lowest BCUT2D eigenvalue weighted by Crippen LogP contribution is -2.52. The minimum atomic E-state index is 0.797. The highest BCUT2D eigenvalue weighted by Crippen LogP contribution is 2.38. The highest BCUT2D eigenvalue weighted by Gasteiger charge is 2.42. The van der Waals surface area contributed by atoms with Crippen LogP contribution in [0.15, 0.2) is 0 Å². The number of unbranched alkanes of at least 4 members (excludes halogenated alkanes) is 3. The van der Waals surface area contributed by atoms with E-state index in [0.29, 0.717) is 0 Å². The number of fused-ring (bicyclic) bond motifs is 2.